The van der Waals surface area contributed by atoms with Crippen molar-refractivity contribution in [3.63, 3.8) is 0 Å². The molecule has 2 rings (SSSR count). The van der Waals surface area contributed by atoms with Crippen molar-refractivity contribution in [3.8, 4) is 6.07 Å². The van der Waals surface area contributed by atoms with Crippen LogP contribution in [0, 0.1) is 17.2 Å². The molecule has 1 aromatic rings. The largest absolute Gasteiger partial charge is 0.417 e. The van der Waals surface area contributed by atoms with Crippen LogP contribution in [0.1, 0.15) is 36.8 Å². The molecule has 5 nitrogen and oxygen atoms in total. The van der Waals surface area contributed by atoms with Crippen LogP contribution in [0.4, 0.5) is 13.2 Å². The van der Waals surface area contributed by atoms with Crippen molar-refractivity contribution >= 4 is 15.9 Å². The van der Waals surface area contributed by atoms with Crippen LogP contribution in [0.25, 0.3) is 0 Å². The van der Waals surface area contributed by atoms with Gasteiger partial charge in [-0.1, -0.05) is 12.8 Å². The van der Waals surface area contributed by atoms with Crippen LogP contribution >= 0.6 is 0 Å². The van der Waals surface area contributed by atoms with E-state index < -0.39 is 38.5 Å². The lowest BCUT2D eigenvalue weighted by Crippen LogP contribution is -2.35. The van der Waals surface area contributed by atoms with Crippen molar-refractivity contribution in [1.29, 1.82) is 5.26 Å². The Bertz CT molecular complexity index is 760. The molecule has 1 aliphatic rings. The van der Waals surface area contributed by atoms with Gasteiger partial charge in [0, 0.05) is 5.92 Å². The number of hydrogen-bond donors (Lipinski definition) is 1. The molecular weight excluding hydrogens is 333 g/mol. The summed E-state index contributed by atoms with van der Waals surface area (Å²) in [6, 6.07) is 3.62. The number of sulfonamides is 1. The van der Waals surface area contributed by atoms with Gasteiger partial charge < -0.3 is 0 Å². The number of benzene rings is 1. The average molecular weight is 346 g/mol. The second kappa shape index (κ2) is 6.20. The topological polar surface area (TPSA) is 87.0 Å². The molecular formula is C14H13F3N2O3S. The molecule has 9 heteroatoms. The molecule has 1 saturated carbocycles. The van der Waals surface area contributed by atoms with E-state index in [9.17, 15) is 26.4 Å². The molecule has 23 heavy (non-hydrogen) atoms. The molecule has 0 aliphatic heterocycles. The fraction of sp³-hybridized carbons (Fsp3) is 0.429. The van der Waals surface area contributed by atoms with Crippen LogP contribution in [-0.2, 0) is 21.0 Å². The molecule has 1 amide bonds. The number of halogens is 3. The fourth-order valence-electron chi connectivity index (χ4n) is 2.51. The number of carbonyl (C=O) groups is 1. The number of nitrogens with one attached hydrogen (secondary N) is 1. The monoisotopic (exact) mass is 346 g/mol. The van der Waals surface area contributed by atoms with E-state index in [1.807, 2.05) is 0 Å². The highest BCUT2D eigenvalue weighted by Crippen LogP contribution is 2.35. The lowest BCUT2D eigenvalue weighted by atomic mass is 10.1. The number of rotatable bonds is 3. The smallest absolute Gasteiger partial charge is 0.274 e. The summed E-state index contributed by atoms with van der Waals surface area (Å²) < 4.78 is 65.2. The standard InChI is InChI=1S/C14H13F3N2O3S/c15-14(16,17)11-7-9(8-18)5-6-12(11)23(21,22)19-13(20)10-3-1-2-4-10/h5-7,10H,1-4H2,(H,19,20). The Balaban J connectivity index is 2.39. The summed E-state index contributed by atoms with van der Waals surface area (Å²) in [7, 11) is -4.66. The third-order valence-electron chi connectivity index (χ3n) is 3.66. The van der Waals surface area contributed by atoms with Crippen LogP contribution in [0.5, 0.6) is 0 Å². The Kier molecular flexibility index (Phi) is 4.66. The van der Waals surface area contributed by atoms with Crippen molar-refractivity contribution in [3.05, 3.63) is 29.3 Å². The second-order valence-electron chi connectivity index (χ2n) is 5.27. The van der Waals surface area contributed by atoms with Crippen molar-refractivity contribution in [2.75, 3.05) is 0 Å². The number of nitriles is 1. The molecule has 1 fully saturated rings. The summed E-state index contributed by atoms with van der Waals surface area (Å²) in [5.74, 6) is -1.29. The van der Waals surface area contributed by atoms with E-state index in [-0.39, 0.29) is 5.56 Å². The first-order chi connectivity index (χ1) is 10.6. The molecule has 1 N–H and O–H groups in total. The minimum atomic E-state index is -4.96. The quantitative estimate of drug-likeness (QED) is 0.911. The van der Waals surface area contributed by atoms with E-state index in [0.717, 1.165) is 18.9 Å². The Morgan fingerprint density at radius 3 is 2.39 bits per heavy atom. The van der Waals surface area contributed by atoms with E-state index in [1.54, 1.807) is 4.72 Å². The highest BCUT2D eigenvalue weighted by atomic mass is 32.2. The first-order valence-electron chi connectivity index (χ1n) is 6.83. The van der Waals surface area contributed by atoms with Crippen molar-refractivity contribution in [2.45, 2.75) is 36.8 Å². The predicted octanol–water partition coefficient (Wildman–Crippen LogP) is 2.57. The summed E-state index contributed by atoms with van der Waals surface area (Å²) in [6.45, 7) is 0. The SMILES string of the molecule is N#Cc1ccc(S(=O)(=O)NC(=O)C2CCCC2)c(C(F)(F)F)c1. The van der Waals surface area contributed by atoms with Crippen molar-refractivity contribution in [1.82, 2.24) is 4.72 Å². The normalized spacial score (nSPS) is 16.1. The molecule has 1 aliphatic carbocycles. The van der Waals surface area contributed by atoms with Gasteiger partial charge in [-0.15, -0.1) is 0 Å². The maximum Gasteiger partial charge on any atom is 0.417 e. The molecule has 0 heterocycles. The molecule has 0 unspecified atom stereocenters. The number of alkyl halides is 3. The summed E-state index contributed by atoms with van der Waals surface area (Å²) in [5, 5.41) is 8.67. The van der Waals surface area contributed by atoms with Gasteiger partial charge >= 0.3 is 6.18 Å². The Hall–Kier alpha value is -2.08. The maximum atomic E-state index is 13.0. The van der Waals surface area contributed by atoms with E-state index in [4.69, 9.17) is 5.26 Å². The van der Waals surface area contributed by atoms with E-state index in [2.05, 4.69) is 0 Å². The number of amides is 1. The van der Waals surface area contributed by atoms with Gasteiger partial charge in [-0.2, -0.15) is 18.4 Å². The van der Waals surface area contributed by atoms with Crippen molar-refractivity contribution in [2.24, 2.45) is 5.92 Å². The van der Waals surface area contributed by atoms with Gasteiger partial charge in [0.1, 0.15) is 0 Å². The predicted molar refractivity (Wildman–Crippen MR) is 73.4 cm³/mol. The third kappa shape index (κ3) is 3.82. The number of nitrogens with zero attached hydrogens (tertiary/aromatic N) is 1. The number of carbonyl (C=O) groups excluding carboxylic acids is 1. The molecule has 0 bridgehead atoms. The Morgan fingerprint density at radius 1 is 1.26 bits per heavy atom. The fourth-order valence-corrected chi connectivity index (χ4v) is 3.77. The minimum absolute atomic E-state index is 0.321. The van der Waals surface area contributed by atoms with Gasteiger partial charge in [0.15, 0.2) is 0 Å². The van der Waals surface area contributed by atoms with Crippen LogP contribution in [-0.4, -0.2) is 14.3 Å². The van der Waals surface area contributed by atoms with Crippen LogP contribution in [0.3, 0.4) is 0 Å². The zero-order valence-corrected chi connectivity index (χ0v) is 12.7. The van der Waals surface area contributed by atoms with Crippen LogP contribution in [0.2, 0.25) is 0 Å². The first-order valence-corrected chi connectivity index (χ1v) is 8.31. The minimum Gasteiger partial charge on any atom is -0.274 e. The highest BCUT2D eigenvalue weighted by Gasteiger charge is 2.38. The van der Waals surface area contributed by atoms with Gasteiger partial charge in [-0.25, -0.2) is 13.1 Å². The summed E-state index contributed by atoms with van der Waals surface area (Å²) in [6.07, 6.45) is -2.37. The Labute approximate surface area is 131 Å². The van der Waals surface area contributed by atoms with E-state index >= 15 is 0 Å². The molecule has 1 aromatic carbocycles. The summed E-state index contributed by atoms with van der Waals surface area (Å²) in [4.78, 5) is 10.8. The Morgan fingerprint density at radius 2 is 1.87 bits per heavy atom. The molecule has 0 aromatic heterocycles. The van der Waals surface area contributed by atoms with Gasteiger partial charge in [0.2, 0.25) is 5.91 Å². The molecule has 0 saturated heterocycles. The van der Waals surface area contributed by atoms with Crippen LogP contribution < -0.4 is 4.72 Å². The maximum absolute atomic E-state index is 13.0. The highest BCUT2D eigenvalue weighted by molar-refractivity contribution is 7.90. The lowest BCUT2D eigenvalue weighted by Gasteiger charge is -2.15. The summed E-state index contributed by atoms with van der Waals surface area (Å²) >= 11 is 0. The van der Waals surface area contributed by atoms with Gasteiger partial charge in [-0.05, 0) is 31.0 Å². The third-order valence-corrected chi connectivity index (χ3v) is 5.07. The van der Waals surface area contributed by atoms with Crippen molar-refractivity contribution < 1.29 is 26.4 Å². The average Bonchev–Trinajstić information content (AvgIpc) is 2.99. The zero-order chi connectivity index (χ0) is 17.3. The first kappa shape index (κ1) is 17.3. The summed E-state index contributed by atoms with van der Waals surface area (Å²) in [5.41, 5.74) is -1.79. The molecule has 124 valence electrons. The zero-order valence-electron chi connectivity index (χ0n) is 11.9. The molecule has 0 spiro atoms. The van der Waals surface area contributed by atoms with E-state index in [1.165, 1.54) is 6.07 Å². The van der Waals surface area contributed by atoms with Gasteiger partial charge in [-0.3, -0.25) is 4.79 Å². The number of hydrogen-bond acceptors (Lipinski definition) is 4. The van der Waals surface area contributed by atoms with Gasteiger partial charge in [0.05, 0.1) is 22.1 Å². The molecule has 0 atom stereocenters. The second-order valence-corrected chi connectivity index (χ2v) is 6.92. The lowest BCUT2D eigenvalue weighted by molar-refractivity contribution is -0.140. The molecule has 0 radical (unpaired) electrons. The van der Waals surface area contributed by atoms with E-state index in [0.29, 0.717) is 25.0 Å². The van der Waals surface area contributed by atoms with Gasteiger partial charge in [0.25, 0.3) is 10.0 Å². The van der Waals surface area contributed by atoms with Crippen LogP contribution in [0.15, 0.2) is 23.1 Å².